The third-order valence-electron chi connectivity index (χ3n) is 2.01. The zero-order chi connectivity index (χ0) is 12.9. The number of amides is 1. The number of ketones is 1. The molecule has 1 amide bonds. The summed E-state index contributed by atoms with van der Waals surface area (Å²) in [5.74, 6) is -0.411. The van der Waals surface area contributed by atoms with Crippen molar-refractivity contribution in [3.05, 3.63) is 12.7 Å². The minimum atomic E-state index is -0.538. The van der Waals surface area contributed by atoms with Crippen LogP contribution in [-0.2, 0) is 9.53 Å². The number of ether oxygens (including phenoxy) is 1. The van der Waals surface area contributed by atoms with Crippen LogP contribution in [0.5, 0.6) is 0 Å². The molecule has 16 heavy (non-hydrogen) atoms. The van der Waals surface area contributed by atoms with E-state index >= 15 is 0 Å². The van der Waals surface area contributed by atoms with Crippen molar-refractivity contribution in [3.8, 4) is 0 Å². The second-order valence-corrected chi connectivity index (χ2v) is 4.81. The number of nitrogens with one attached hydrogen (secondary N) is 1. The van der Waals surface area contributed by atoms with E-state index in [0.717, 1.165) is 0 Å². The number of hydrogen-bond donors (Lipinski definition) is 1. The number of alkyl carbamates (subject to hydrolysis) is 1. The average molecular weight is 227 g/mol. The first kappa shape index (κ1) is 14.7. The Balaban J connectivity index is 4.33. The summed E-state index contributed by atoms with van der Waals surface area (Å²) in [7, 11) is 0. The molecule has 4 heteroatoms. The van der Waals surface area contributed by atoms with Crippen molar-refractivity contribution in [1.82, 2.24) is 5.32 Å². The van der Waals surface area contributed by atoms with Crippen LogP contribution in [0.25, 0.3) is 0 Å². The van der Waals surface area contributed by atoms with Gasteiger partial charge in [-0.1, -0.05) is 6.08 Å². The normalized spacial score (nSPS) is 14.8. The molecule has 0 saturated heterocycles. The highest BCUT2D eigenvalue weighted by Gasteiger charge is 2.23. The summed E-state index contributed by atoms with van der Waals surface area (Å²) in [4.78, 5) is 22.7. The van der Waals surface area contributed by atoms with Crippen LogP contribution in [0.3, 0.4) is 0 Å². The minimum Gasteiger partial charge on any atom is -0.444 e. The Bertz CT molecular complexity index is 278. The van der Waals surface area contributed by atoms with Crippen molar-refractivity contribution in [2.24, 2.45) is 5.92 Å². The maximum atomic E-state index is 11.4. The van der Waals surface area contributed by atoms with E-state index in [9.17, 15) is 9.59 Å². The van der Waals surface area contributed by atoms with Gasteiger partial charge in [0.2, 0.25) is 0 Å². The molecule has 0 saturated carbocycles. The molecule has 0 spiro atoms. The van der Waals surface area contributed by atoms with Crippen molar-refractivity contribution in [2.75, 3.05) is 0 Å². The first-order chi connectivity index (χ1) is 7.17. The fourth-order valence-electron chi connectivity index (χ4n) is 1.31. The highest BCUT2D eigenvalue weighted by Crippen LogP contribution is 2.10. The SMILES string of the molecule is C=C[C@H](C(C)=O)[C@H](C)NC(=O)OC(C)(C)C. The molecule has 0 aliphatic heterocycles. The van der Waals surface area contributed by atoms with E-state index in [2.05, 4.69) is 11.9 Å². The van der Waals surface area contributed by atoms with Crippen LogP contribution in [-0.4, -0.2) is 23.5 Å². The lowest BCUT2D eigenvalue weighted by atomic mass is 9.97. The van der Waals surface area contributed by atoms with Crippen LogP contribution in [0.4, 0.5) is 4.79 Å². The van der Waals surface area contributed by atoms with Gasteiger partial charge in [-0.3, -0.25) is 4.79 Å². The fraction of sp³-hybridized carbons (Fsp3) is 0.667. The largest absolute Gasteiger partial charge is 0.444 e. The quantitative estimate of drug-likeness (QED) is 0.750. The Labute approximate surface area is 97.1 Å². The molecular formula is C12H21NO3. The van der Waals surface area contributed by atoms with Gasteiger partial charge in [0.05, 0.1) is 5.92 Å². The highest BCUT2D eigenvalue weighted by atomic mass is 16.6. The summed E-state index contributed by atoms with van der Waals surface area (Å²) < 4.78 is 5.09. The molecule has 0 bridgehead atoms. The molecule has 0 aliphatic carbocycles. The van der Waals surface area contributed by atoms with E-state index in [1.165, 1.54) is 13.0 Å². The molecule has 2 atom stereocenters. The second-order valence-electron chi connectivity index (χ2n) is 4.81. The van der Waals surface area contributed by atoms with E-state index in [0.29, 0.717) is 0 Å². The van der Waals surface area contributed by atoms with Gasteiger partial charge in [-0.2, -0.15) is 0 Å². The van der Waals surface area contributed by atoms with Crippen molar-refractivity contribution in [2.45, 2.75) is 46.3 Å². The van der Waals surface area contributed by atoms with Gasteiger partial charge in [0.1, 0.15) is 11.4 Å². The van der Waals surface area contributed by atoms with E-state index < -0.39 is 11.7 Å². The molecule has 0 heterocycles. The number of carbonyl (C=O) groups excluding carboxylic acids is 2. The molecule has 92 valence electrons. The van der Waals surface area contributed by atoms with Crippen molar-refractivity contribution in [1.29, 1.82) is 0 Å². The fourth-order valence-corrected chi connectivity index (χ4v) is 1.31. The topological polar surface area (TPSA) is 55.4 Å². The van der Waals surface area contributed by atoms with Crippen LogP contribution >= 0.6 is 0 Å². The molecule has 0 aromatic carbocycles. The Hall–Kier alpha value is -1.32. The first-order valence-electron chi connectivity index (χ1n) is 5.30. The lowest BCUT2D eigenvalue weighted by molar-refractivity contribution is -0.119. The molecule has 4 nitrogen and oxygen atoms in total. The third kappa shape index (κ3) is 5.53. The Kier molecular flexibility index (Phi) is 5.21. The van der Waals surface area contributed by atoms with Gasteiger partial charge in [0.25, 0.3) is 0 Å². The summed E-state index contributed by atoms with van der Waals surface area (Å²) >= 11 is 0. The van der Waals surface area contributed by atoms with Crippen LogP contribution in [0, 0.1) is 5.92 Å². The number of carbonyl (C=O) groups is 2. The van der Waals surface area contributed by atoms with Gasteiger partial charge >= 0.3 is 6.09 Å². The van der Waals surface area contributed by atoms with Gasteiger partial charge in [0.15, 0.2) is 0 Å². The van der Waals surface area contributed by atoms with Crippen molar-refractivity contribution < 1.29 is 14.3 Å². The number of Topliss-reactive ketones (excluding diaryl/α,β-unsaturated/α-hetero) is 1. The average Bonchev–Trinajstić information content (AvgIpc) is 1.99. The maximum Gasteiger partial charge on any atom is 0.407 e. The van der Waals surface area contributed by atoms with Gasteiger partial charge < -0.3 is 10.1 Å². The second kappa shape index (κ2) is 5.68. The molecule has 1 N–H and O–H groups in total. The van der Waals surface area contributed by atoms with Gasteiger partial charge in [-0.05, 0) is 34.6 Å². The molecule has 0 aromatic rings. The first-order valence-corrected chi connectivity index (χ1v) is 5.30. The Morgan fingerprint density at radius 2 is 1.88 bits per heavy atom. The molecule has 0 aliphatic rings. The molecular weight excluding hydrogens is 206 g/mol. The van der Waals surface area contributed by atoms with Crippen LogP contribution < -0.4 is 5.32 Å². The molecule has 0 unspecified atom stereocenters. The number of hydrogen-bond acceptors (Lipinski definition) is 3. The molecule has 0 aromatic heterocycles. The van der Waals surface area contributed by atoms with Gasteiger partial charge in [0, 0.05) is 6.04 Å². The summed E-state index contributed by atoms with van der Waals surface area (Å²) in [5.41, 5.74) is -0.538. The molecule has 0 radical (unpaired) electrons. The summed E-state index contributed by atoms with van der Waals surface area (Å²) in [6.45, 7) is 12.1. The molecule has 0 rings (SSSR count). The van der Waals surface area contributed by atoms with E-state index in [1.807, 2.05) is 0 Å². The zero-order valence-corrected chi connectivity index (χ0v) is 10.7. The lowest BCUT2D eigenvalue weighted by Gasteiger charge is -2.24. The summed E-state index contributed by atoms with van der Waals surface area (Å²) in [6, 6.07) is -0.315. The Morgan fingerprint density at radius 3 is 2.19 bits per heavy atom. The smallest absolute Gasteiger partial charge is 0.407 e. The van der Waals surface area contributed by atoms with Gasteiger partial charge in [-0.15, -0.1) is 6.58 Å². The van der Waals surface area contributed by atoms with E-state index in [-0.39, 0.29) is 17.7 Å². The predicted octanol–water partition coefficient (Wildman–Crippen LogP) is 2.29. The van der Waals surface area contributed by atoms with E-state index in [4.69, 9.17) is 4.74 Å². The van der Waals surface area contributed by atoms with Crippen molar-refractivity contribution >= 4 is 11.9 Å². The zero-order valence-electron chi connectivity index (χ0n) is 10.7. The van der Waals surface area contributed by atoms with Crippen LogP contribution in [0.2, 0.25) is 0 Å². The van der Waals surface area contributed by atoms with Crippen LogP contribution in [0.15, 0.2) is 12.7 Å². The van der Waals surface area contributed by atoms with Crippen molar-refractivity contribution in [3.63, 3.8) is 0 Å². The Morgan fingerprint density at radius 1 is 1.38 bits per heavy atom. The summed E-state index contributed by atoms with van der Waals surface area (Å²) in [5, 5.41) is 2.62. The standard InChI is InChI=1S/C12H21NO3/c1-7-10(9(3)14)8(2)13-11(15)16-12(4,5)6/h7-8,10H,1H2,2-6H3,(H,13,15)/t8-,10-/m0/s1. The molecule has 0 fully saturated rings. The predicted molar refractivity (Wildman–Crippen MR) is 63.2 cm³/mol. The highest BCUT2D eigenvalue weighted by molar-refractivity contribution is 5.81. The van der Waals surface area contributed by atoms with E-state index in [1.54, 1.807) is 27.7 Å². The summed E-state index contributed by atoms with van der Waals surface area (Å²) in [6.07, 6.45) is 1.01. The minimum absolute atomic E-state index is 0.0291. The lowest BCUT2D eigenvalue weighted by Crippen LogP contribution is -2.42. The monoisotopic (exact) mass is 227 g/mol. The van der Waals surface area contributed by atoms with Crippen LogP contribution in [0.1, 0.15) is 34.6 Å². The van der Waals surface area contributed by atoms with Gasteiger partial charge in [-0.25, -0.2) is 4.79 Å². The maximum absolute atomic E-state index is 11.4. The third-order valence-corrected chi connectivity index (χ3v) is 2.01. The number of rotatable bonds is 4.